The number of carboxylic acid groups (broad SMARTS) is 1. The summed E-state index contributed by atoms with van der Waals surface area (Å²) in [7, 11) is 0. The molecule has 0 radical (unpaired) electrons. The lowest BCUT2D eigenvalue weighted by molar-refractivity contribution is 0.0523. The van der Waals surface area contributed by atoms with Gasteiger partial charge in [-0.1, -0.05) is 0 Å². The van der Waals surface area contributed by atoms with Gasteiger partial charge in [0.2, 0.25) is 10.9 Å². The van der Waals surface area contributed by atoms with Crippen molar-refractivity contribution in [2.45, 2.75) is 94.5 Å². The third kappa shape index (κ3) is 6.04. The van der Waals surface area contributed by atoms with Crippen LogP contribution in [0.5, 0.6) is 11.5 Å². The Bertz CT molecular complexity index is 2430. The summed E-state index contributed by atoms with van der Waals surface area (Å²) < 4.78 is 51.2. The van der Waals surface area contributed by atoms with Gasteiger partial charge in [0.15, 0.2) is 23.1 Å². The molecule has 2 aromatic carbocycles. The second-order valence-electron chi connectivity index (χ2n) is 15.8. The van der Waals surface area contributed by atoms with E-state index in [1.165, 1.54) is 12.3 Å². The fraction of sp³-hybridized carbons (Fsp3) is 0.500. The first-order valence-electron chi connectivity index (χ1n) is 19.5. The van der Waals surface area contributed by atoms with Gasteiger partial charge in [0.25, 0.3) is 0 Å². The molecule has 6 heterocycles. The second-order valence-corrected chi connectivity index (χ2v) is 15.8. The van der Waals surface area contributed by atoms with Crippen LogP contribution in [0, 0.1) is 11.6 Å². The number of carbonyl (C=O) groups is 2. The summed E-state index contributed by atoms with van der Waals surface area (Å²) in [4.78, 5) is 53.6. The quantitative estimate of drug-likeness (QED) is 0.246. The number of halogens is 2. The van der Waals surface area contributed by atoms with Gasteiger partial charge < -0.3 is 49.7 Å². The summed E-state index contributed by atoms with van der Waals surface area (Å²) in [5, 5.41) is 9.61. The number of nitrogens with zero attached hydrogens (tertiary/aromatic N) is 4. The molecule has 56 heavy (non-hydrogen) atoms. The highest BCUT2D eigenvalue weighted by Gasteiger charge is 2.40. The minimum atomic E-state index is -1.31. The summed E-state index contributed by atoms with van der Waals surface area (Å²) in [6, 6.07) is 2.85. The summed E-state index contributed by atoms with van der Waals surface area (Å²) >= 11 is 0. The SMILES string of the molecule is CCOC(=O)c1cn(C2CC2)c2c3c(c(F)cc2c1=O)N1C[C@@H](N)C[C@@H]1CCO3.N[C@H]1C[C@@H]2CCOc3c(c(F)cc4c(=O)c(C(=O)O)cn(C5CC5)c34)N2C1. The van der Waals surface area contributed by atoms with Crippen molar-refractivity contribution in [3.8, 4) is 11.5 Å². The first-order valence-corrected chi connectivity index (χ1v) is 19.5. The van der Waals surface area contributed by atoms with Crippen LogP contribution in [0.2, 0.25) is 0 Å². The topological polar surface area (TPSA) is 185 Å². The molecule has 2 aromatic heterocycles. The van der Waals surface area contributed by atoms with Crippen molar-refractivity contribution in [3.05, 3.63) is 67.7 Å². The van der Waals surface area contributed by atoms with E-state index in [1.54, 1.807) is 17.7 Å². The third-order valence-corrected chi connectivity index (χ3v) is 11.9. The van der Waals surface area contributed by atoms with Gasteiger partial charge in [-0.15, -0.1) is 0 Å². The number of nitrogens with two attached hydrogens (primary N) is 2. The number of pyridine rings is 2. The maximum Gasteiger partial charge on any atom is 0.343 e. The fourth-order valence-corrected chi connectivity index (χ4v) is 9.08. The molecule has 14 nitrogen and oxygen atoms in total. The number of aromatic carboxylic acids is 1. The average molecular weight is 775 g/mol. The van der Waals surface area contributed by atoms with Gasteiger partial charge in [0.05, 0.1) is 41.6 Å². The van der Waals surface area contributed by atoms with Gasteiger partial charge >= 0.3 is 11.9 Å². The van der Waals surface area contributed by atoms with Crippen molar-refractivity contribution in [1.29, 1.82) is 0 Å². The Kier molecular flexibility index (Phi) is 8.95. The summed E-state index contributed by atoms with van der Waals surface area (Å²) in [5.74, 6) is -2.36. The molecular weight excluding hydrogens is 730 g/mol. The van der Waals surface area contributed by atoms with E-state index in [0.29, 0.717) is 60.2 Å². The lowest BCUT2D eigenvalue weighted by Gasteiger charge is -2.26. The Morgan fingerprint density at radius 2 is 1.20 bits per heavy atom. The number of carboxylic acids is 1. The summed E-state index contributed by atoms with van der Waals surface area (Å²) in [5.41, 5.74) is 12.4. The van der Waals surface area contributed by atoms with Gasteiger partial charge in [0, 0.05) is 74.6 Å². The molecule has 16 heteroatoms. The van der Waals surface area contributed by atoms with Crippen LogP contribution >= 0.6 is 0 Å². The maximum atomic E-state index is 15.3. The fourth-order valence-electron chi connectivity index (χ4n) is 9.08. The van der Waals surface area contributed by atoms with Gasteiger partial charge in [-0.05, 0) is 57.6 Å². The first kappa shape index (κ1) is 36.4. The van der Waals surface area contributed by atoms with Crippen LogP contribution < -0.4 is 41.6 Å². The van der Waals surface area contributed by atoms with Crippen molar-refractivity contribution in [2.24, 2.45) is 11.5 Å². The normalized spacial score (nSPS) is 23.8. The van der Waals surface area contributed by atoms with E-state index in [0.717, 1.165) is 57.4 Å². The minimum absolute atomic E-state index is 0.0159. The molecule has 2 aliphatic carbocycles. The number of aromatic nitrogens is 2. The van der Waals surface area contributed by atoms with Crippen LogP contribution in [-0.4, -0.2) is 83.3 Å². The van der Waals surface area contributed by atoms with E-state index >= 15 is 8.78 Å². The number of fused-ring (bicyclic) bond motifs is 10. The van der Waals surface area contributed by atoms with Crippen LogP contribution in [0.4, 0.5) is 20.2 Å². The van der Waals surface area contributed by atoms with E-state index in [1.807, 2.05) is 14.4 Å². The van der Waals surface area contributed by atoms with Crippen LogP contribution in [0.25, 0.3) is 21.8 Å². The van der Waals surface area contributed by atoms with Gasteiger partial charge in [-0.25, -0.2) is 18.4 Å². The Labute approximate surface area is 319 Å². The molecule has 4 aromatic rings. The highest BCUT2D eigenvalue weighted by atomic mass is 19.1. The molecule has 4 fully saturated rings. The van der Waals surface area contributed by atoms with E-state index in [9.17, 15) is 24.3 Å². The molecule has 0 spiro atoms. The molecule has 10 rings (SSSR count). The lowest BCUT2D eigenvalue weighted by atomic mass is 10.1. The predicted octanol–water partition coefficient (Wildman–Crippen LogP) is 4.20. The number of carbonyl (C=O) groups excluding carboxylic acids is 1. The minimum Gasteiger partial charge on any atom is -0.489 e. The smallest absolute Gasteiger partial charge is 0.343 e. The standard InChI is InChI=1S/C21H24FN3O4.C19H20FN3O4/c1-2-28-21(27)15-10-25(12-3-4-12)17-14(19(15)26)8-16(22)18-20(17)29-6-5-13-7-11(23)9-24(13)18;20-14-6-12-15(23(10-1-2-10)8-13(17(12)24)19(25)26)18-16(14)22-7-9(21)5-11(22)3-4-27-18/h8,10-13H,2-7,9,23H2,1H3;6,8-11H,1-5,7,21H2,(H,25,26)/t11-,13-;9-,11-/m00/s1. The van der Waals surface area contributed by atoms with E-state index in [-0.39, 0.29) is 64.8 Å². The van der Waals surface area contributed by atoms with E-state index in [2.05, 4.69) is 0 Å². The van der Waals surface area contributed by atoms with E-state index < -0.39 is 34.4 Å². The Morgan fingerprint density at radius 1 is 0.750 bits per heavy atom. The zero-order valence-corrected chi connectivity index (χ0v) is 31.0. The molecule has 0 bridgehead atoms. The third-order valence-electron chi connectivity index (χ3n) is 11.9. The molecule has 6 aliphatic rings. The Hall–Kier alpha value is -5.22. The number of hydrogen-bond acceptors (Lipinski definition) is 11. The van der Waals surface area contributed by atoms with Crippen LogP contribution in [0.3, 0.4) is 0 Å². The summed E-state index contributed by atoms with van der Waals surface area (Å²) in [6.07, 6.45) is 9.62. The average Bonchev–Trinajstić information content (AvgIpc) is 4.09. The molecule has 0 unspecified atom stereocenters. The largest absolute Gasteiger partial charge is 0.489 e. The van der Waals surface area contributed by atoms with Crippen molar-refractivity contribution < 1.29 is 37.7 Å². The number of ether oxygens (including phenoxy) is 3. The first-order chi connectivity index (χ1) is 26.9. The lowest BCUT2D eigenvalue weighted by Crippen LogP contribution is -2.31. The van der Waals surface area contributed by atoms with E-state index in [4.69, 9.17) is 25.7 Å². The zero-order valence-electron chi connectivity index (χ0n) is 31.0. The Morgan fingerprint density at radius 3 is 1.62 bits per heavy atom. The molecule has 4 aliphatic heterocycles. The molecule has 0 amide bonds. The number of hydrogen-bond donors (Lipinski definition) is 3. The number of anilines is 2. The van der Waals surface area contributed by atoms with Crippen molar-refractivity contribution in [3.63, 3.8) is 0 Å². The second kappa shape index (κ2) is 13.8. The van der Waals surface area contributed by atoms with Gasteiger partial charge in [0.1, 0.15) is 22.5 Å². The molecular formula is C40H44F2N6O8. The monoisotopic (exact) mass is 774 g/mol. The van der Waals surface area contributed by atoms with Crippen LogP contribution in [0.1, 0.15) is 91.1 Å². The van der Waals surface area contributed by atoms with Crippen LogP contribution in [0.15, 0.2) is 34.1 Å². The molecule has 296 valence electrons. The van der Waals surface area contributed by atoms with Gasteiger partial charge in [-0.3, -0.25) is 9.59 Å². The zero-order chi connectivity index (χ0) is 39.2. The van der Waals surface area contributed by atoms with Crippen LogP contribution in [-0.2, 0) is 4.74 Å². The highest BCUT2D eigenvalue weighted by molar-refractivity contribution is 5.99. The number of rotatable bonds is 5. The Balaban J connectivity index is 0.000000147. The molecule has 4 atom stereocenters. The predicted molar refractivity (Wildman–Crippen MR) is 203 cm³/mol. The van der Waals surface area contributed by atoms with Crippen molar-refractivity contribution in [1.82, 2.24) is 9.13 Å². The van der Waals surface area contributed by atoms with Gasteiger partial charge in [-0.2, -0.15) is 0 Å². The molecule has 2 saturated heterocycles. The van der Waals surface area contributed by atoms with Crippen molar-refractivity contribution in [2.75, 3.05) is 42.7 Å². The maximum absolute atomic E-state index is 15.3. The molecule has 2 saturated carbocycles. The molecule has 5 N–H and O–H groups in total. The number of benzene rings is 2. The van der Waals surface area contributed by atoms with Crippen molar-refractivity contribution >= 4 is 45.1 Å². The highest BCUT2D eigenvalue weighted by Crippen LogP contribution is 2.48. The summed E-state index contributed by atoms with van der Waals surface area (Å²) in [6.45, 7) is 3.76. The number of esters is 1.